The van der Waals surface area contributed by atoms with E-state index in [1.807, 2.05) is 40.9 Å². The van der Waals surface area contributed by atoms with Crippen LogP contribution in [-0.2, 0) is 0 Å². The minimum absolute atomic E-state index is 0.0423. The lowest BCUT2D eigenvalue weighted by Crippen LogP contribution is -2.46. The van der Waals surface area contributed by atoms with Gasteiger partial charge in [0.15, 0.2) is 0 Å². The number of hydrogen-bond acceptors (Lipinski definition) is 3. The summed E-state index contributed by atoms with van der Waals surface area (Å²) in [6.45, 7) is 5.93. The Kier molecular flexibility index (Phi) is 5.33. The topological polar surface area (TPSA) is 40.5 Å². The summed E-state index contributed by atoms with van der Waals surface area (Å²) in [4.78, 5) is 14.7. The van der Waals surface area contributed by atoms with Gasteiger partial charge in [-0.3, -0.25) is 4.79 Å². The molecule has 21 heavy (non-hydrogen) atoms. The van der Waals surface area contributed by atoms with Crippen molar-refractivity contribution >= 4 is 17.7 Å². The third-order valence-electron chi connectivity index (χ3n) is 3.33. The van der Waals surface area contributed by atoms with Crippen LogP contribution in [0.3, 0.4) is 0 Å². The van der Waals surface area contributed by atoms with Gasteiger partial charge in [-0.25, -0.2) is 0 Å². The van der Waals surface area contributed by atoms with E-state index < -0.39 is 0 Å². The molecule has 0 bridgehead atoms. The van der Waals surface area contributed by atoms with Crippen LogP contribution in [0.15, 0.2) is 24.3 Å². The molecule has 1 saturated heterocycles. The standard InChI is InChI=1S/C17H21NO2S/c1-17(2)13-18(10-12-21-17)16(20)15-9-4-3-7-14(15)8-5-6-11-19/h3-4,7,9,19H,6,10-13H2,1-2H3. The van der Waals surface area contributed by atoms with Gasteiger partial charge in [0.25, 0.3) is 5.91 Å². The molecule has 0 aromatic heterocycles. The fraction of sp³-hybridized carbons (Fsp3) is 0.471. The number of hydrogen-bond donors (Lipinski definition) is 1. The van der Waals surface area contributed by atoms with Gasteiger partial charge in [0.2, 0.25) is 0 Å². The Morgan fingerprint density at radius 3 is 2.90 bits per heavy atom. The van der Waals surface area contributed by atoms with Gasteiger partial charge in [0.05, 0.1) is 12.2 Å². The Balaban J connectivity index is 2.21. The number of carbonyl (C=O) groups is 1. The van der Waals surface area contributed by atoms with E-state index in [1.54, 1.807) is 0 Å². The van der Waals surface area contributed by atoms with E-state index in [-0.39, 0.29) is 17.3 Å². The quantitative estimate of drug-likeness (QED) is 0.853. The molecule has 1 aromatic carbocycles. The first-order valence-electron chi connectivity index (χ1n) is 7.15. The van der Waals surface area contributed by atoms with Crippen LogP contribution in [0.2, 0.25) is 0 Å². The third-order valence-corrected chi connectivity index (χ3v) is 4.63. The fourth-order valence-corrected chi connectivity index (χ4v) is 3.46. The molecule has 1 N–H and O–H groups in total. The summed E-state index contributed by atoms with van der Waals surface area (Å²) in [6.07, 6.45) is 0.426. The summed E-state index contributed by atoms with van der Waals surface area (Å²) in [6, 6.07) is 7.45. The van der Waals surface area contributed by atoms with Crippen molar-refractivity contribution < 1.29 is 9.90 Å². The Bertz CT molecular complexity index is 572. The second kappa shape index (κ2) is 7.02. The second-order valence-corrected chi connectivity index (χ2v) is 7.46. The molecular formula is C17H21NO2S. The molecular weight excluding hydrogens is 282 g/mol. The van der Waals surface area contributed by atoms with Crippen molar-refractivity contribution in [2.75, 3.05) is 25.4 Å². The number of rotatable bonds is 2. The minimum Gasteiger partial charge on any atom is -0.395 e. The van der Waals surface area contributed by atoms with Crippen molar-refractivity contribution in [3.05, 3.63) is 35.4 Å². The van der Waals surface area contributed by atoms with Crippen LogP contribution in [0.25, 0.3) is 0 Å². The molecule has 0 atom stereocenters. The average Bonchev–Trinajstić information content (AvgIpc) is 2.46. The maximum atomic E-state index is 12.7. The van der Waals surface area contributed by atoms with E-state index in [2.05, 4.69) is 25.7 Å². The van der Waals surface area contributed by atoms with E-state index in [0.717, 1.165) is 24.4 Å². The van der Waals surface area contributed by atoms with Gasteiger partial charge in [-0.2, -0.15) is 11.8 Å². The van der Waals surface area contributed by atoms with Gasteiger partial charge in [-0.1, -0.05) is 24.0 Å². The first-order valence-corrected chi connectivity index (χ1v) is 8.14. The molecule has 3 nitrogen and oxygen atoms in total. The number of carbonyl (C=O) groups excluding carboxylic acids is 1. The number of aliphatic hydroxyl groups is 1. The highest BCUT2D eigenvalue weighted by molar-refractivity contribution is 8.00. The molecule has 0 unspecified atom stereocenters. The molecule has 1 aliphatic rings. The van der Waals surface area contributed by atoms with Gasteiger partial charge in [-0.05, 0) is 26.0 Å². The molecule has 1 heterocycles. The van der Waals surface area contributed by atoms with Crippen molar-refractivity contribution in [1.82, 2.24) is 4.90 Å². The Morgan fingerprint density at radius 1 is 1.43 bits per heavy atom. The van der Waals surface area contributed by atoms with E-state index in [1.165, 1.54) is 0 Å². The summed E-state index contributed by atoms with van der Waals surface area (Å²) in [5.41, 5.74) is 1.40. The maximum absolute atomic E-state index is 12.7. The molecule has 0 spiro atoms. The van der Waals surface area contributed by atoms with Gasteiger partial charge in [0.1, 0.15) is 0 Å². The van der Waals surface area contributed by atoms with Crippen molar-refractivity contribution in [1.29, 1.82) is 0 Å². The molecule has 4 heteroatoms. The van der Waals surface area contributed by atoms with Gasteiger partial charge < -0.3 is 10.0 Å². The van der Waals surface area contributed by atoms with Crippen LogP contribution in [0.1, 0.15) is 36.2 Å². The molecule has 2 rings (SSSR count). The summed E-state index contributed by atoms with van der Waals surface area (Å²) in [7, 11) is 0. The molecule has 1 amide bonds. The van der Waals surface area contributed by atoms with E-state index in [0.29, 0.717) is 12.0 Å². The average molecular weight is 303 g/mol. The molecule has 112 valence electrons. The summed E-state index contributed by atoms with van der Waals surface area (Å²) < 4.78 is 0.103. The van der Waals surface area contributed by atoms with Crippen LogP contribution < -0.4 is 0 Å². The highest BCUT2D eigenvalue weighted by Gasteiger charge is 2.30. The highest BCUT2D eigenvalue weighted by atomic mass is 32.2. The van der Waals surface area contributed by atoms with Gasteiger partial charge in [-0.15, -0.1) is 0 Å². The first kappa shape index (κ1) is 15.9. The molecule has 0 saturated carbocycles. The molecule has 1 aromatic rings. The first-order chi connectivity index (χ1) is 10.0. The highest BCUT2D eigenvalue weighted by Crippen LogP contribution is 2.30. The summed E-state index contributed by atoms with van der Waals surface area (Å²) in [5, 5.41) is 8.80. The molecule has 0 radical (unpaired) electrons. The van der Waals surface area contributed by atoms with E-state index >= 15 is 0 Å². The Labute approximate surface area is 130 Å². The molecule has 1 aliphatic heterocycles. The van der Waals surface area contributed by atoms with Crippen LogP contribution in [0.4, 0.5) is 0 Å². The normalized spacial score (nSPS) is 17.0. The zero-order valence-electron chi connectivity index (χ0n) is 12.6. The summed E-state index contributed by atoms with van der Waals surface area (Å²) >= 11 is 1.91. The smallest absolute Gasteiger partial charge is 0.255 e. The van der Waals surface area contributed by atoms with Crippen molar-refractivity contribution in [2.45, 2.75) is 25.0 Å². The zero-order valence-corrected chi connectivity index (χ0v) is 13.4. The lowest BCUT2D eigenvalue weighted by Gasteiger charge is -2.37. The number of aliphatic hydroxyl groups excluding tert-OH is 1. The molecule has 0 aliphatic carbocycles. The van der Waals surface area contributed by atoms with E-state index in [9.17, 15) is 4.79 Å². The lowest BCUT2D eigenvalue weighted by molar-refractivity contribution is 0.0748. The lowest BCUT2D eigenvalue weighted by atomic mass is 10.1. The SMILES string of the molecule is CC1(C)CN(C(=O)c2ccccc2C#CCCO)CCS1. The summed E-state index contributed by atoms with van der Waals surface area (Å²) in [5.74, 6) is 6.91. The van der Waals surface area contributed by atoms with Crippen LogP contribution in [0.5, 0.6) is 0 Å². The predicted octanol–water partition coefficient (Wildman–Crippen LogP) is 2.39. The fourth-order valence-electron chi connectivity index (χ4n) is 2.35. The molecule has 1 fully saturated rings. The van der Waals surface area contributed by atoms with E-state index in [4.69, 9.17) is 5.11 Å². The van der Waals surface area contributed by atoms with Crippen molar-refractivity contribution in [2.24, 2.45) is 0 Å². The second-order valence-electron chi connectivity index (χ2n) is 5.66. The van der Waals surface area contributed by atoms with Gasteiger partial charge >= 0.3 is 0 Å². The maximum Gasteiger partial charge on any atom is 0.255 e. The minimum atomic E-state index is 0.0423. The van der Waals surface area contributed by atoms with Crippen molar-refractivity contribution in [3.8, 4) is 11.8 Å². The number of amides is 1. The third kappa shape index (κ3) is 4.26. The van der Waals surface area contributed by atoms with Crippen molar-refractivity contribution in [3.63, 3.8) is 0 Å². The van der Waals surface area contributed by atoms with Crippen LogP contribution >= 0.6 is 11.8 Å². The predicted molar refractivity (Wildman–Crippen MR) is 87.5 cm³/mol. The van der Waals surface area contributed by atoms with Gasteiger partial charge in [0, 0.05) is 35.6 Å². The number of nitrogens with zero attached hydrogens (tertiary/aromatic N) is 1. The number of thioether (sulfide) groups is 1. The Hall–Kier alpha value is -1.44. The van der Waals surface area contributed by atoms with Crippen LogP contribution in [0, 0.1) is 11.8 Å². The van der Waals surface area contributed by atoms with Crippen LogP contribution in [-0.4, -0.2) is 46.1 Å². The monoisotopic (exact) mass is 303 g/mol. The Morgan fingerprint density at radius 2 is 2.19 bits per heavy atom. The largest absolute Gasteiger partial charge is 0.395 e. The number of benzene rings is 1. The zero-order chi connectivity index (χ0) is 15.3.